The Labute approximate surface area is 83.0 Å². The normalized spacial score (nSPS) is 26.0. The molecule has 1 atom stereocenters. The standard InChI is InChI=1S/C8H13ClN3O/c1-2-3-4-7-13-8(9)5-6-10-12-11-8/h5H,2-4,7H2,1H3,(H,10,11). The quantitative estimate of drug-likeness (QED) is 0.423. The first-order valence-corrected chi connectivity index (χ1v) is 4.74. The first-order chi connectivity index (χ1) is 6.27. The van der Waals surface area contributed by atoms with Crippen molar-refractivity contribution in [3.63, 3.8) is 0 Å². The summed E-state index contributed by atoms with van der Waals surface area (Å²) >= 11 is 5.91. The van der Waals surface area contributed by atoms with Crippen molar-refractivity contribution in [1.29, 1.82) is 0 Å². The molecular formula is C8H13ClN3O. The molecule has 0 bridgehead atoms. The minimum atomic E-state index is -1.14. The van der Waals surface area contributed by atoms with Crippen molar-refractivity contribution in [2.45, 2.75) is 31.4 Å². The highest BCUT2D eigenvalue weighted by Crippen LogP contribution is 2.22. The molecule has 1 aliphatic rings. The van der Waals surface area contributed by atoms with Crippen molar-refractivity contribution in [1.82, 2.24) is 5.43 Å². The number of nitrogens with zero attached hydrogens (tertiary/aromatic N) is 2. The van der Waals surface area contributed by atoms with Crippen LogP contribution in [0.4, 0.5) is 0 Å². The molecule has 0 aliphatic carbocycles. The van der Waals surface area contributed by atoms with Crippen molar-refractivity contribution in [2.24, 2.45) is 10.3 Å². The van der Waals surface area contributed by atoms with Crippen LogP contribution in [0.1, 0.15) is 26.2 Å². The van der Waals surface area contributed by atoms with Gasteiger partial charge < -0.3 is 4.74 Å². The summed E-state index contributed by atoms with van der Waals surface area (Å²) in [4.78, 5) is 0. The van der Waals surface area contributed by atoms with Crippen LogP contribution in [0, 0.1) is 6.20 Å². The molecule has 1 N–H and O–H groups in total. The Morgan fingerprint density at radius 3 is 3.08 bits per heavy atom. The summed E-state index contributed by atoms with van der Waals surface area (Å²) in [7, 11) is 0. The van der Waals surface area contributed by atoms with Crippen molar-refractivity contribution < 1.29 is 4.74 Å². The van der Waals surface area contributed by atoms with Crippen molar-refractivity contribution in [3.05, 3.63) is 12.3 Å². The molecule has 0 spiro atoms. The Hall–Kier alpha value is -0.610. The maximum atomic E-state index is 5.91. The summed E-state index contributed by atoms with van der Waals surface area (Å²) in [5, 5.41) is 6.06. The molecule has 1 rings (SSSR count). The molecule has 0 aromatic heterocycles. The first kappa shape index (κ1) is 10.5. The fourth-order valence-electron chi connectivity index (χ4n) is 0.910. The maximum Gasteiger partial charge on any atom is 0.279 e. The summed E-state index contributed by atoms with van der Waals surface area (Å²) in [5.41, 5.74) is 2.43. The van der Waals surface area contributed by atoms with Gasteiger partial charge in [0, 0.05) is 6.08 Å². The van der Waals surface area contributed by atoms with E-state index < -0.39 is 5.18 Å². The molecule has 0 saturated heterocycles. The molecule has 0 saturated carbocycles. The van der Waals surface area contributed by atoms with E-state index >= 15 is 0 Å². The van der Waals surface area contributed by atoms with Gasteiger partial charge in [-0.15, -0.1) is 5.11 Å². The van der Waals surface area contributed by atoms with Gasteiger partial charge in [-0.05, 0) is 6.42 Å². The van der Waals surface area contributed by atoms with Crippen molar-refractivity contribution in [3.8, 4) is 0 Å². The number of hydrogen-bond acceptors (Lipinski definition) is 4. The van der Waals surface area contributed by atoms with Gasteiger partial charge in [0.2, 0.25) is 0 Å². The van der Waals surface area contributed by atoms with E-state index in [9.17, 15) is 0 Å². The second kappa shape index (κ2) is 5.19. The van der Waals surface area contributed by atoms with Crippen LogP contribution < -0.4 is 5.43 Å². The second-order valence-electron chi connectivity index (χ2n) is 2.77. The van der Waals surface area contributed by atoms with E-state index in [0.717, 1.165) is 19.3 Å². The molecule has 1 radical (unpaired) electrons. The van der Waals surface area contributed by atoms with Crippen LogP contribution in [0.25, 0.3) is 0 Å². The lowest BCUT2D eigenvalue weighted by atomic mass is 10.3. The maximum absolute atomic E-state index is 5.91. The number of ether oxygens (including phenoxy) is 1. The Morgan fingerprint density at radius 1 is 1.62 bits per heavy atom. The number of alkyl halides is 1. The Balaban J connectivity index is 2.22. The van der Waals surface area contributed by atoms with E-state index in [0.29, 0.717) is 6.61 Å². The third-order valence-corrected chi connectivity index (χ3v) is 1.90. The summed E-state index contributed by atoms with van der Waals surface area (Å²) < 4.78 is 5.32. The van der Waals surface area contributed by atoms with Crippen molar-refractivity contribution in [2.75, 3.05) is 6.61 Å². The summed E-state index contributed by atoms with van der Waals surface area (Å²) in [6.45, 7) is 2.73. The zero-order valence-electron chi connectivity index (χ0n) is 7.59. The van der Waals surface area contributed by atoms with Crippen LogP contribution in [-0.2, 0) is 4.74 Å². The van der Waals surface area contributed by atoms with Crippen LogP contribution >= 0.6 is 11.6 Å². The molecule has 73 valence electrons. The lowest BCUT2D eigenvalue weighted by Gasteiger charge is -2.19. The highest BCUT2D eigenvalue weighted by Gasteiger charge is 2.25. The third kappa shape index (κ3) is 3.74. The van der Waals surface area contributed by atoms with E-state index in [1.807, 2.05) is 0 Å². The Morgan fingerprint density at radius 2 is 2.46 bits per heavy atom. The highest BCUT2D eigenvalue weighted by molar-refractivity contribution is 6.23. The monoisotopic (exact) mass is 202 g/mol. The summed E-state index contributed by atoms with van der Waals surface area (Å²) in [6.07, 6.45) is 7.41. The molecule has 4 nitrogen and oxygen atoms in total. The number of hydrogen-bond donors (Lipinski definition) is 1. The molecule has 1 heterocycles. The minimum Gasteiger partial charge on any atom is -0.337 e. The lowest BCUT2D eigenvalue weighted by molar-refractivity contribution is 0.0479. The van der Waals surface area contributed by atoms with Gasteiger partial charge in [-0.3, -0.25) is 5.43 Å². The average molecular weight is 203 g/mol. The van der Waals surface area contributed by atoms with Crippen LogP contribution in [-0.4, -0.2) is 11.8 Å². The molecule has 0 amide bonds. The second-order valence-corrected chi connectivity index (χ2v) is 3.31. The molecule has 0 aromatic carbocycles. The summed E-state index contributed by atoms with van der Waals surface area (Å²) in [6, 6.07) is 0. The molecule has 0 aromatic rings. The Kier molecular flexibility index (Phi) is 4.18. The molecular weight excluding hydrogens is 190 g/mol. The van der Waals surface area contributed by atoms with E-state index in [1.54, 1.807) is 0 Å². The van der Waals surface area contributed by atoms with Crippen LogP contribution in [0.5, 0.6) is 0 Å². The van der Waals surface area contributed by atoms with Gasteiger partial charge in [-0.25, -0.2) is 0 Å². The predicted molar refractivity (Wildman–Crippen MR) is 49.9 cm³/mol. The zero-order chi connectivity index (χ0) is 9.57. The Bertz CT molecular complexity index is 194. The third-order valence-electron chi connectivity index (χ3n) is 1.60. The predicted octanol–water partition coefficient (Wildman–Crippen LogP) is 2.37. The molecule has 1 aliphatic heterocycles. The molecule has 0 fully saturated rings. The van der Waals surface area contributed by atoms with E-state index in [-0.39, 0.29) is 0 Å². The van der Waals surface area contributed by atoms with Gasteiger partial charge in [0.05, 0.1) is 12.8 Å². The summed E-state index contributed by atoms with van der Waals surface area (Å²) in [5.74, 6) is 0. The number of unbranched alkanes of at least 4 members (excludes halogenated alkanes) is 2. The van der Waals surface area contributed by atoms with E-state index in [4.69, 9.17) is 16.3 Å². The first-order valence-electron chi connectivity index (χ1n) is 4.36. The lowest BCUT2D eigenvalue weighted by Crippen LogP contribution is -2.24. The smallest absolute Gasteiger partial charge is 0.279 e. The van der Waals surface area contributed by atoms with Crippen LogP contribution in [0.2, 0.25) is 0 Å². The van der Waals surface area contributed by atoms with Gasteiger partial charge in [-0.2, -0.15) is 0 Å². The SMILES string of the molecule is CCCCCOC1(Cl)C=[C]NN=N1. The van der Waals surface area contributed by atoms with Crippen LogP contribution in [0.3, 0.4) is 0 Å². The average Bonchev–Trinajstić information content (AvgIpc) is 2.14. The largest absolute Gasteiger partial charge is 0.337 e. The molecule has 1 unspecified atom stereocenters. The number of rotatable bonds is 5. The fourth-order valence-corrected chi connectivity index (χ4v) is 1.08. The number of nitrogens with one attached hydrogen (secondary N) is 1. The van der Waals surface area contributed by atoms with E-state index in [2.05, 4.69) is 28.9 Å². The zero-order valence-corrected chi connectivity index (χ0v) is 8.34. The minimum absolute atomic E-state index is 0.592. The van der Waals surface area contributed by atoms with Crippen molar-refractivity contribution >= 4 is 11.6 Å². The number of halogens is 1. The van der Waals surface area contributed by atoms with Gasteiger partial charge in [0.15, 0.2) is 0 Å². The van der Waals surface area contributed by atoms with Gasteiger partial charge in [0.25, 0.3) is 5.18 Å². The molecule has 13 heavy (non-hydrogen) atoms. The highest BCUT2D eigenvalue weighted by atomic mass is 35.5. The van der Waals surface area contributed by atoms with Gasteiger partial charge >= 0.3 is 0 Å². The molecule has 5 heteroatoms. The van der Waals surface area contributed by atoms with Gasteiger partial charge in [0.1, 0.15) is 0 Å². The van der Waals surface area contributed by atoms with E-state index in [1.165, 1.54) is 6.08 Å². The topological polar surface area (TPSA) is 46.0 Å². The van der Waals surface area contributed by atoms with Gasteiger partial charge in [-0.1, -0.05) is 36.6 Å². The fraction of sp³-hybridized carbons (Fsp3) is 0.750. The van der Waals surface area contributed by atoms with Crippen LogP contribution in [0.15, 0.2) is 16.4 Å².